The summed E-state index contributed by atoms with van der Waals surface area (Å²) in [5, 5.41) is 9.25. The molecule has 1 aliphatic heterocycles. The Bertz CT molecular complexity index is 1220. The Labute approximate surface area is 185 Å². The van der Waals surface area contributed by atoms with E-state index in [0.717, 1.165) is 11.3 Å². The number of nitriles is 1. The highest BCUT2D eigenvalue weighted by Gasteiger charge is 2.23. The molecule has 162 valence electrons. The fraction of sp³-hybridized carbons (Fsp3) is 0.250. The molecule has 0 atom stereocenters. The Kier molecular flexibility index (Phi) is 5.99. The molecule has 0 spiro atoms. The van der Waals surface area contributed by atoms with Gasteiger partial charge in [0.25, 0.3) is 5.56 Å². The van der Waals surface area contributed by atoms with E-state index in [2.05, 4.69) is 9.88 Å². The van der Waals surface area contributed by atoms with Crippen LogP contribution in [0.15, 0.2) is 59.5 Å². The first-order valence-corrected chi connectivity index (χ1v) is 10.3. The molecule has 1 aromatic heterocycles. The van der Waals surface area contributed by atoms with Gasteiger partial charge in [-0.25, -0.2) is 9.37 Å². The molecule has 1 fully saturated rings. The number of amides is 1. The number of anilines is 1. The van der Waals surface area contributed by atoms with E-state index in [1.807, 2.05) is 37.3 Å². The van der Waals surface area contributed by atoms with Crippen LogP contribution in [0.4, 0.5) is 10.1 Å². The van der Waals surface area contributed by atoms with Crippen molar-refractivity contribution in [2.45, 2.75) is 13.5 Å². The molecule has 1 saturated heterocycles. The lowest BCUT2D eigenvalue weighted by Gasteiger charge is -2.36. The molecule has 0 saturated carbocycles. The highest BCUT2D eigenvalue weighted by molar-refractivity contribution is 5.77. The SMILES string of the molecule is Cc1ccc(-c2ncc(C#N)c(=O)n2CC(=O)N2CCN(c3ccc(F)cc3)CC2)cc1. The van der Waals surface area contributed by atoms with Crippen molar-refractivity contribution >= 4 is 11.6 Å². The molecule has 32 heavy (non-hydrogen) atoms. The standard InChI is InChI=1S/C24H22FN5O2/c1-17-2-4-18(5-3-17)23-27-15-19(14-26)24(32)30(23)16-22(31)29-12-10-28(11-13-29)21-8-6-20(25)7-9-21/h2-9,15H,10-13,16H2,1H3. The highest BCUT2D eigenvalue weighted by atomic mass is 19.1. The van der Waals surface area contributed by atoms with Crippen molar-refractivity contribution in [2.75, 3.05) is 31.1 Å². The van der Waals surface area contributed by atoms with Crippen LogP contribution in [0, 0.1) is 24.1 Å². The average molecular weight is 431 g/mol. The Morgan fingerprint density at radius 1 is 1.06 bits per heavy atom. The Balaban J connectivity index is 1.53. The van der Waals surface area contributed by atoms with E-state index >= 15 is 0 Å². The van der Waals surface area contributed by atoms with Crippen molar-refractivity contribution in [1.82, 2.24) is 14.5 Å². The second-order valence-electron chi connectivity index (χ2n) is 7.71. The summed E-state index contributed by atoms with van der Waals surface area (Å²) >= 11 is 0. The number of aryl methyl sites for hydroxylation is 1. The number of carbonyl (C=O) groups is 1. The van der Waals surface area contributed by atoms with E-state index in [-0.39, 0.29) is 23.8 Å². The van der Waals surface area contributed by atoms with Crippen LogP contribution in [-0.2, 0) is 11.3 Å². The maximum Gasteiger partial charge on any atom is 0.272 e. The molecule has 0 radical (unpaired) electrons. The van der Waals surface area contributed by atoms with E-state index in [9.17, 15) is 19.2 Å². The summed E-state index contributed by atoms with van der Waals surface area (Å²) in [5.41, 5.74) is 2.03. The van der Waals surface area contributed by atoms with Crippen molar-refractivity contribution < 1.29 is 9.18 Å². The number of halogens is 1. The molecule has 2 aromatic carbocycles. The van der Waals surface area contributed by atoms with Crippen LogP contribution in [0.1, 0.15) is 11.1 Å². The van der Waals surface area contributed by atoms with Crippen molar-refractivity contribution in [1.29, 1.82) is 5.26 Å². The number of carbonyl (C=O) groups excluding carboxylic acids is 1. The van der Waals surface area contributed by atoms with E-state index in [1.165, 1.54) is 22.9 Å². The number of rotatable bonds is 4. The fourth-order valence-electron chi connectivity index (χ4n) is 3.75. The Morgan fingerprint density at radius 2 is 1.72 bits per heavy atom. The predicted molar refractivity (Wildman–Crippen MR) is 119 cm³/mol. The third-order valence-corrected chi connectivity index (χ3v) is 5.59. The van der Waals surface area contributed by atoms with Crippen LogP contribution < -0.4 is 10.5 Å². The van der Waals surface area contributed by atoms with Gasteiger partial charge in [-0.15, -0.1) is 0 Å². The van der Waals surface area contributed by atoms with Crippen LogP contribution >= 0.6 is 0 Å². The number of hydrogen-bond donors (Lipinski definition) is 0. The maximum absolute atomic E-state index is 13.2. The lowest BCUT2D eigenvalue weighted by atomic mass is 10.1. The van der Waals surface area contributed by atoms with Gasteiger partial charge in [0, 0.05) is 37.4 Å². The zero-order valence-electron chi connectivity index (χ0n) is 17.7. The average Bonchev–Trinajstić information content (AvgIpc) is 2.81. The second-order valence-corrected chi connectivity index (χ2v) is 7.71. The Morgan fingerprint density at radius 3 is 2.34 bits per heavy atom. The molecule has 8 heteroatoms. The van der Waals surface area contributed by atoms with Crippen LogP contribution in [0.3, 0.4) is 0 Å². The first kappa shape index (κ1) is 21.2. The van der Waals surface area contributed by atoms with Gasteiger partial charge in [0.2, 0.25) is 5.91 Å². The van der Waals surface area contributed by atoms with Gasteiger partial charge in [0.1, 0.15) is 29.8 Å². The molecule has 3 aromatic rings. The number of hydrogen-bond acceptors (Lipinski definition) is 5. The molecule has 0 unspecified atom stereocenters. The molecule has 1 amide bonds. The molecule has 0 aliphatic carbocycles. The highest BCUT2D eigenvalue weighted by Crippen LogP contribution is 2.19. The summed E-state index contributed by atoms with van der Waals surface area (Å²) in [6.07, 6.45) is 1.25. The van der Waals surface area contributed by atoms with Gasteiger partial charge in [0.15, 0.2) is 0 Å². The monoisotopic (exact) mass is 431 g/mol. The molecule has 4 rings (SSSR count). The van der Waals surface area contributed by atoms with Gasteiger partial charge in [-0.3, -0.25) is 14.2 Å². The molecular formula is C24H22FN5O2. The second kappa shape index (κ2) is 9.02. The lowest BCUT2D eigenvalue weighted by molar-refractivity contribution is -0.132. The Hall–Kier alpha value is -3.99. The minimum absolute atomic E-state index is 0.102. The van der Waals surface area contributed by atoms with Gasteiger partial charge in [0.05, 0.1) is 6.20 Å². The topological polar surface area (TPSA) is 82.2 Å². The third kappa shape index (κ3) is 4.37. The van der Waals surface area contributed by atoms with Crippen LogP contribution in [-0.4, -0.2) is 46.5 Å². The van der Waals surface area contributed by atoms with E-state index in [1.54, 1.807) is 17.0 Å². The summed E-state index contributed by atoms with van der Waals surface area (Å²) in [5.74, 6) is -0.144. The number of aromatic nitrogens is 2. The molecule has 1 aliphatic rings. The number of piperazine rings is 1. The van der Waals surface area contributed by atoms with E-state index in [4.69, 9.17) is 0 Å². The van der Waals surface area contributed by atoms with Gasteiger partial charge < -0.3 is 9.80 Å². The lowest BCUT2D eigenvalue weighted by Crippen LogP contribution is -2.50. The van der Waals surface area contributed by atoms with Crippen molar-refractivity contribution in [3.63, 3.8) is 0 Å². The quantitative estimate of drug-likeness (QED) is 0.634. The maximum atomic E-state index is 13.2. The summed E-state index contributed by atoms with van der Waals surface area (Å²) in [7, 11) is 0. The minimum atomic E-state index is -0.531. The van der Waals surface area contributed by atoms with Crippen LogP contribution in [0.2, 0.25) is 0 Å². The summed E-state index contributed by atoms with van der Waals surface area (Å²) in [6.45, 7) is 3.94. The molecule has 7 nitrogen and oxygen atoms in total. The van der Waals surface area contributed by atoms with Gasteiger partial charge in [-0.05, 0) is 31.2 Å². The fourth-order valence-corrected chi connectivity index (χ4v) is 3.75. The number of benzene rings is 2. The number of nitrogens with zero attached hydrogens (tertiary/aromatic N) is 5. The normalized spacial score (nSPS) is 13.7. The van der Waals surface area contributed by atoms with Gasteiger partial charge in [-0.2, -0.15) is 5.26 Å². The largest absolute Gasteiger partial charge is 0.368 e. The smallest absolute Gasteiger partial charge is 0.272 e. The van der Waals surface area contributed by atoms with Gasteiger partial charge >= 0.3 is 0 Å². The molecular weight excluding hydrogens is 409 g/mol. The first-order valence-electron chi connectivity index (χ1n) is 10.3. The van der Waals surface area contributed by atoms with Crippen molar-refractivity contribution in [2.24, 2.45) is 0 Å². The minimum Gasteiger partial charge on any atom is -0.368 e. The third-order valence-electron chi connectivity index (χ3n) is 5.59. The molecule has 0 bridgehead atoms. The summed E-state index contributed by atoms with van der Waals surface area (Å²) in [6, 6.07) is 15.6. The van der Waals surface area contributed by atoms with Crippen LogP contribution in [0.25, 0.3) is 11.4 Å². The zero-order valence-corrected chi connectivity index (χ0v) is 17.7. The molecule has 2 heterocycles. The summed E-state index contributed by atoms with van der Waals surface area (Å²) in [4.78, 5) is 34.0. The van der Waals surface area contributed by atoms with Gasteiger partial charge in [-0.1, -0.05) is 29.8 Å². The first-order chi connectivity index (χ1) is 15.5. The van der Waals surface area contributed by atoms with Crippen molar-refractivity contribution in [3.05, 3.63) is 82.0 Å². The predicted octanol–water partition coefficient (Wildman–Crippen LogP) is 2.58. The molecule has 0 N–H and O–H groups in total. The summed E-state index contributed by atoms with van der Waals surface area (Å²) < 4.78 is 14.4. The van der Waals surface area contributed by atoms with E-state index in [0.29, 0.717) is 37.6 Å². The zero-order chi connectivity index (χ0) is 22.7. The van der Waals surface area contributed by atoms with Crippen LogP contribution in [0.5, 0.6) is 0 Å². The van der Waals surface area contributed by atoms with Crippen molar-refractivity contribution in [3.8, 4) is 17.5 Å². The van der Waals surface area contributed by atoms with E-state index < -0.39 is 5.56 Å².